The third-order valence-electron chi connectivity index (χ3n) is 2.75. The monoisotopic (exact) mass is 273 g/mol. The van der Waals surface area contributed by atoms with Gasteiger partial charge in [0.2, 0.25) is 5.13 Å². The normalized spacial score (nSPS) is 25.6. The largest absolute Gasteiger partial charge is 0.359 e. The van der Waals surface area contributed by atoms with Crippen LogP contribution in [0.2, 0.25) is 0 Å². The van der Waals surface area contributed by atoms with Crippen molar-refractivity contribution in [1.82, 2.24) is 9.36 Å². The molecule has 0 amide bonds. The highest BCUT2D eigenvalue weighted by molar-refractivity contribution is 8.06. The minimum atomic E-state index is 0.673. The summed E-state index contributed by atoms with van der Waals surface area (Å²) in [5.74, 6) is 5.61. The number of nitrogens with one attached hydrogen (secondary N) is 1. The second kappa shape index (κ2) is 5.14. The van der Waals surface area contributed by atoms with Crippen molar-refractivity contribution >= 4 is 40.2 Å². The van der Waals surface area contributed by atoms with Crippen LogP contribution in [0.25, 0.3) is 0 Å². The van der Waals surface area contributed by atoms with E-state index in [-0.39, 0.29) is 0 Å². The lowest BCUT2D eigenvalue weighted by Gasteiger charge is -2.20. The Morgan fingerprint density at radius 1 is 1.31 bits per heavy atom. The summed E-state index contributed by atoms with van der Waals surface area (Å²) in [6.45, 7) is 1.04. The third kappa shape index (κ3) is 2.84. The van der Waals surface area contributed by atoms with Crippen LogP contribution in [0.5, 0.6) is 0 Å². The van der Waals surface area contributed by atoms with Gasteiger partial charge in [-0.05, 0) is 12.8 Å². The molecule has 1 N–H and O–H groups in total. The second-order valence-electron chi connectivity index (χ2n) is 4.18. The molecule has 2 aliphatic rings. The van der Waals surface area contributed by atoms with Crippen LogP contribution in [0.3, 0.4) is 0 Å². The van der Waals surface area contributed by atoms with E-state index in [1.54, 1.807) is 0 Å². The van der Waals surface area contributed by atoms with Gasteiger partial charge in [-0.15, -0.1) is 0 Å². The van der Waals surface area contributed by atoms with Crippen molar-refractivity contribution in [3.63, 3.8) is 0 Å². The average Bonchev–Trinajstić information content (AvgIpc) is 3.08. The molecule has 1 aromatic heterocycles. The summed E-state index contributed by atoms with van der Waals surface area (Å²) in [5, 5.41) is 5.18. The zero-order chi connectivity index (χ0) is 10.8. The van der Waals surface area contributed by atoms with Gasteiger partial charge in [0.05, 0.1) is 0 Å². The van der Waals surface area contributed by atoms with E-state index >= 15 is 0 Å². The zero-order valence-corrected chi connectivity index (χ0v) is 11.5. The van der Waals surface area contributed by atoms with E-state index in [2.05, 4.69) is 38.2 Å². The predicted molar refractivity (Wildman–Crippen MR) is 73.9 cm³/mol. The number of nitrogens with zero attached hydrogens (tertiary/aromatic N) is 2. The first-order valence-electron chi connectivity index (χ1n) is 5.68. The Labute approximate surface area is 108 Å². The number of aromatic nitrogens is 2. The first kappa shape index (κ1) is 11.2. The summed E-state index contributed by atoms with van der Waals surface area (Å²) in [6, 6.07) is 0. The molecule has 1 atom stereocenters. The quantitative estimate of drug-likeness (QED) is 0.913. The van der Waals surface area contributed by atoms with Gasteiger partial charge in [0.1, 0.15) is 5.82 Å². The Bertz CT molecular complexity index is 345. The molecule has 0 bridgehead atoms. The molecule has 6 heteroatoms. The highest BCUT2D eigenvalue weighted by Crippen LogP contribution is 2.39. The van der Waals surface area contributed by atoms with Crippen LogP contribution in [-0.2, 0) is 0 Å². The number of thioether (sulfide) groups is 2. The molecule has 0 radical (unpaired) electrons. The smallest absolute Gasteiger partial charge is 0.202 e. The lowest BCUT2D eigenvalue weighted by Crippen LogP contribution is -2.23. The van der Waals surface area contributed by atoms with Crippen LogP contribution in [0, 0.1) is 0 Å². The Kier molecular flexibility index (Phi) is 3.59. The maximum atomic E-state index is 4.54. The molecule has 1 aromatic rings. The van der Waals surface area contributed by atoms with Crippen molar-refractivity contribution in [3.8, 4) is 0 Å². The highest BCUT2D eigenvalue weighted by atomic mass is 32.2. The lowest BCUT2D eigenvalue weighted by atomic mass is 10.4. The number of rotatable bonds is 4. The molecule has 1 saturated carbocycles. The van der Waals surface area contributed by atoms with Crippen molar-refractivity contribution in [3.05, 3.63) is 5.82 Å². The topological polar surface area (TPSA) is 37.8 Å². The van der Waals surface area contributed by atoms with E-state index in [0.29, 0.717) is 5.92 Å². The van der Waals surface area contributed by atoms with Crippen LogP contribution in [0.15, 0.2) is 0 Å². The standard InChI is InChI=1S/C10H15N3S3/c1-2-7(1)9-12-10(16-13-9)11-5-8-6-14-3-4-15-8/h7-8H,1-6H2,(H,11,12,13). The Hall–Kier alpha value is 0.0600. The van der Waals surface area contributed by atoms with Crippen molar-refractivity contribution in [2.24, 2.45) is 0 Å². The molecular weight excluding hydrogens is 258 g/mol. The van der Waals surface area contributed by atoms with Crippen molar-refractivity contribution in [2.45, 2.75) is 24.0 Å². The van der Waals surface area contributed by atoms with Gasteiger partial charge in [0.25, 0.3) is 0 Å². The maximum Gasteiger partial charge on any atom is 0.202 e. The Morgan fingerprint density at radius 2 is 2.25 bits per heavy atom. The van der Waals surface area contributed by atoms with Crippen molar-refractivity contribution in [2.75, 3.05) is 29.1 Å². The molecule has 1 aliphatic heterocycles. The number of anilines is 1. The molecule has 2 fully saturated rings. The number of hydrogen-bond acceptors (Lipinski definition) is 6. The van der Waals surface area contributed by atoms with Crippen molar-refractivity contribution in [1.29, 1.82) is 0 Å². The Balaban J connectivity index is 1.49. The molecule has 1 aliphatic carbocycles. The van der Waals surface area contributed by atoms with E-state index < -0.39 is 0 Å². The van der Waals surface area contributed by atoms with E-state index in [0.717, 1.165) is 22.8 Å². The van der Waals surface area contributed by atoms with Gasteiger partial charge in [-0.3, -0.25) is 0 Å². The molecule has 2 heterocycles. The highest BCUT2D eigenvalue weighted by Gasteiger charge is 2.27. The van der Waals surface area contributed by atoms with Crippen LogP contribution < -0.4 is 5.32 Å². The summed E-state index contributed by atoms with van der Waals surface area (Å²) >= 11 is 5.66. The minimum Gasteiger partial charge on any atom is -0.359 e. The van der Waals surface area contributed by atoms with Crippen LogP contribution in [-0.4, -0.2) is 38.4 Å². The van der Waals surface area contributed by atoms with Gasteiger partial charge in [0, 0.05) is 46.5 Å². The lowest BCUT2D eigenvalue weighted by molar-refractivity contribution is 0.965. The summed E-state index contributed by atoms with van der Waals surface area (Å²) in [6.07, 6.45) is 2.57. The van der Waals surface area contributed by atoms with E-state index in [4.69, 9.17) is 0 Å². The fraction of sp³-hybridized carbons (Fsp3) is 0.800. The zero-order valence-electron chi connectivity index (χ0n) is 9.02. The van der Waals surface area contributed by atoms with Gasteiger partial charge in [-0.2, -0.15) is 27.9 Å². The van der Waals surface area contributed by atoms with Crippen LogP contribution in [0.4, 0.5) is 5.13 Å². The first-order chi connectivity index (χ1) is 7.92. The molecule has 1 unspecified atom stereocenters. The van der Waals surface area contributed by atoms with Gasteiger partial charge in [-0.25, -0.2) is 4.98 Å². The molecule has 88 valence electrons. The van der Waals surface area contributed by atoms with E-state index in [9.17, 15) is 0 Å². The van der Waals surface area contributed by atoms with E-state index in [1.807, 2.05) is 0 Å². The number of hydrogen-bond donors (Lipinski definition) is 1. The molecule has 16 heavy (non-hydrogen) atoms. The molecule has 0 spiro atoms. The van der Waals surface area contributed by atoms with Gasteiger partial charge < -0.3 is 5.32 Å². The summed E-state index contributed by atoms with van der Waals surface area (Å²) < 4.78 is 4.40. The maximum absolute atomic E-state index is 4.54. The van der Waals surface area contributed by atoms with Gasteiger partial charge in [0.15, 0.2) is 0 Å². The van der Waals surface area contributed by atoms with Gasteiger partial charge in [-0.1, -0.05) is 0 Å². The van der Waals surface area contributed by atoms with Crippen LogP contribution >= 0.6 is 35.1 Å². The fourth-order valence-electron chi connectivity index (χ4n) is 1.67. The second-order valence-corrected chi connectivity index (χ2v) is 7.49. The molecule has 3 nitrogen and oxygen atoms in total. The van der Waals surface area contributed by atoms with Crippen LogP contribution in [0.1, 0.15) is 24.6 Å². The van der Waals surface area contributed by atoms with E-state index in [1.165, 1.54) is 41.6 Å². The first-order valence-corrected chi connectivity index (χ1v) is 8.66. The average molecular weight is 273 g/mol. The minimum absolute atomic E-state index is 0.673. The fourth-order valence-corrected chi connectivity index (χ4v) is 4.93. The SMILES string of the molecule is C1CSC(CNc2nc(C3CC3)ns2)CS1. The van der Waals surface area contributed by atoms with Gasteiger partial charge >= 0.3 is 0 Å². The Morgan fingerprint density at radius 3 is 3.00 bits per heavy atom. The molecule has 0 aromatic carbocycles. The summed E-state index contributed by atoms with van der Waals surface area (Å²) in [5.41, 5.74) is 0. The molecule has 1 saturated heterocycles. The van der Waals surface area contributed by atoms with Crippen molar-refractivity contribution < 1.29 is 0 Å². The third-order valence-corrected chi connectivity index (χ3v) is 6.28. The summed E-state index contributed by atoms with van der Waals surface area (Å²) in [7, 11) is 0. The predicted octanol–water partition coefficient (Wildman–Crippen LogP) is 2.68. The molecular formula is C10H15N3S3. The summed E-state index contributed by atoms with van der Waals surface area (Å²) in [4.78, 5) is 4.54. The molecule has 3 rings (SSSR count).